The molecule has 0 radical (unpaired) electrons. The van der Waals surface area contributed by atoms with E-state index in [9.17, 15) is 10.2 Å². The summed E-state index contributed by atoms with van der Waals surface area (Å²) in [4.78, 5) is 12.4. The Morgan fingerprint density at radius 2 is 2.26 bits per heavy atom. The number of hydrogen-bond donors (Lipinski definition) is 3. The average Bonchev–Trinajstić information content (AvgIpc) is 2.94. The maximum atomic E-state index is 9.97. The zero-order chi connectivity index (χ0) is 13.6. The smallest absolute Gasteiger partial charge is 0.226 e. The third-order valence-corrected chi connectivity index (χ3v) is 4.58. The summed E-state index contributed by atoms with van der Waals surface area (Å²) in [5.74, 6) is 1.01. The van der Waals surface area contributed by atoms with E-state index in [1.54, 1.807) is 17.9 Å². The van der Waals surface area contributed by atoms with Crippen molar-refractivity contribution in [3.8, 4) is 0 Å². The first kappa shape index (κ1) is 12.9. The van der Waals surface area contributed by atoms with Crippen molar-refractivity contribution in [2.24, 2.45) is 0 Å². The normalized spacial score (nSPS) is 27.1. The molecule has 1 aliphatic heterocycles. The molecule has 19 heavy (non-hydrogen) atoms. The molecule has 0 amide bonds. The number of fused-ring (bicyclic) bond motifs is 1. The Bertz CT molecular complexity index is 621. The first-order valence-electron chi connectivity index (χ1n) is 5.67. The molecule has 102 valence electrons. The molecule has 3 heterocycles. The monoisotopic (exact) mass is 301 g/mol. The van der Waals surface area contributed by atoms with Gasteiger partial charge >= 0.3 is 0 Å². The van der Waals surface area contributed by atoms with Crippen LogP contribution in [0, 0.1) is 0 Å². The molecule has 0 bridgehead atoms. The fourth-order valence-corrected chi connectivity index (χ4v) is 3.53. The van der Waals surface area contributed by atoms with Crippen molar-refractivity contribution in [2.45, 2.75) is 17.6 Å². The van der Waals surface area contributed by atoms with Crippen molar-refractivity contribution in [2.75, 3.05) is 18.1 Å². The molecule has 1 saturated heterocycles. The lowest BCUT2D eigenvalue weighted by molar-refractivity contribution is 0.0313. The Morgan fingerprint density at radius 3 is 2.89 bits per heavy atom. The van der Waals surface area contributed by atoms with Crippen LogP contribution in [0.25, 0.3) is 11.2 Å². The highest BCUT2D eigenvalue weighted by molar-refractivity contribution is 7.99. The van der Waals surface area contributed by atoms with Crippen LogP contribution in [-0.2, 0) is 0 Å². The summed E-state index contributed by atoms with van der Waals surface area (Å²) in [7, 11) is 1.72. The highest BCUT2D eigenvalue weighted by Gasteiger charge is 2.36. The molecule has 0 spiro atoms. The van der Waals surface area contributed by atoms with E-state index in [2.05, 4.69) is 20.3 Å². The van der Waals surface area contributed by atoms with Gasteiger partial charge in [0.25, 0.3) is 0 Å². The molecule has 9 heteroatoms. The van der Waals surface area contributed by atoms with E-state index in [4.69, 9.17) is 11.6 Å². The zero-order valence-electron chi connectivity index (χ0n) is 9.99. The fourth-order valence-electron chi connectivity index (χ4n) is 2.08. The van der Waals surface area contributed by atoms with E-state index < -0.39 is 12.2 Å². The first-order chi connectivity index (χ1) is 9.11. The van der Waals surface area contributed by atoms with Gasteiger partial charge in [-0.3, -0.25) is 4.57 Å². The second-order valence-corrected chi connectivity index (χ2v) is 5.68. The molecule has 7 nitrogen and oxygen atoms in total. The lowest BCUT2D eigenvalue weighted by Gasteiger charge is -2.17. The number of anilines is 1. The Morgan fingerprint density at radius 1 is 1.47 bits per heavy atom. The maximum absolute atomic E-state index is 9.97. The van der Waals surface area contributed by atoms with Crippen molar-refractivity contribution in [3.05, 3.63) is 11.6 Å². The Kier molecular flexibility index (Phi) is 3.25. The summed E-state index contributed by atoms with van der Waals surface area (Å²) in [6.45, 7) is 0. The predicted octanol–water partition coefficient (Wildman–Crippen LogP) is 0.489. The maximum Gasteiger partial charge on any atom is 0.226 e. The van der Waals surface area contributed by atoms with E-state index >= 15 is 0 Å². The molecule has 0 saturated carbocycles. The summed E-state index contributed by atoms with van der Waals surface area (Å²) in [5.41, 5.74) is 1.12. The molecular formula is C10H12ClN5O2S. The minimum absolute atomic E-state index is 0.108. The lowest BCUT2D eigenvalue weighted by atomic mass is 10.2. The van der Waals surface area contributed by atoms with Gasteiger partial charge in [0.2, 0.25) is 5.28 Å². The van der Waals surface area contributed by atoms with E-state index in [0.29, 0.717) is 22.7 Å². The highest BCUT2D eigenvalue weighted by atomic mass is 35.5. The Balaban J connectivity index is 2.13. The van der Waals surface area contributed by atoms with Crippen molar-refractivity contribution < 1.29 is 10.2 Å². The van der Waals surface area contributed by atoms with Crippen LogP contribution in [0.2, 0.25) is 5.28 Å². The molecule has 3 atom stereocenters. The number of nitrogens with one attached hydrogen (secondary N) is 1. The number of halogens is 1. The van der Waals surface area contributed by atoms with Crippen LogP contribution in [-0.4, -0.2) is 54.7 Å². The molecule has 1 aliphatic rings. The summed E-state index contributed by atoms with van der Waals surface area (Å²) in [6.07, 6.45) is -0.0159. The number of rotatable bonds is 2. The number of aliphatic hydroxyl groups is 2. The molecule has 2 aromatic rings. The Hall–Kier alpha value is -1.09. The van der Waals surface area contributed by atoms with Crippen LogP contribution in [0.5, 0.6) is 0 Å². The van der Waals surface area contributed by atoms with E-state index in [1.165, 1.54) is 11.8 Å². The van der Waals surface area contributed by atoms with Gasteiger partial charge < -0.3 is 15.5 Å². The van der Waals surface area contributed by atoms with Gasteiger partial charge in [-0.1, -0.05) is 0 Å². The first-order valence-corrected chi connectivity index (χ1v) is 7.10. The minimum Gasteiger partial charge on any atom is -0.389 e. The van der Waals surface area contributed by atoms with Gasteiger partial charge in [0.15, 0.2) is 17.0 Å². The summed E-state index contributed by atoms with van der Waals surface area (Å²) in [5, 5.41) is 22.3. The van der Waals surface area contributed by atoms with Crippen molar-refractivity contribution >= 4 is 40.3 Å². The molecule has 1 fully saturated rings. The molecule has 3 rings (SSSR count). The van der Waals surface area contributed by atoms with Gasteiger partial charge in [-0.15, -0.1) is 11.8 Å². The molecule has 0 aliphatic carbocycles. The topological polar surface area (TPSA) is 96.1 Å². The fraction of sp³-hybridized carbons (Fsp3) is 0.500. The molecule has 3 N–H and O–H groups in total. The van der Waals surface area contributed by atoms with Gasteiger partial charge in [-0.2, -0.15) is 9.97 Å². The molecule has 2 aromatic heterocycles. The standard InChI is InChI=1S/C10H12ClN5O2S/c1-12-7-5-8(15-10(11)14-7)16(3-13-5)9-6(18)4(17)2-19-9/h3-4,6,9,17-18H,2H2,1H3,(H,12,14,15)/t4?,6-,9+/m0/s1. The van der Waals surface area contributed by atoms with Crippen LogP contribution in [0.1, 0.15) is 5.37 Å². The molecule has 1 unspecified atom stereocenters. The summed E-state index contributed by atoms with van der Waals surface area (Å²) in [6, 6.07) is 0. The minimum atomic E-state index is -0.853. The van der Waals surface area contributed by atoms with Gasteiger partial charge in [0, 0.05) is 12.8 Å². The second kappa shape index (κ2) is 4.78. The van der Waals surface area contributed by atoms with Gasteiger partial charge in [0.05, 0.1) is 12.4 Å². The average molecular weight is 302 g/mol. The van der Waals surface area contributed by atoms with Crippen LogP contribution in [0.15, 0.2) is 6.33 Å². The van der Waals surface area contributed by atoms with Crippen LogP contribution < -0.4 is 5.32 Å². The molecular weight excluding hydrogens is 290 g/mol. The second-order valence-electron chi connectivity index (χ2n) is 4.20. The zero-order valence-corrected chi connectivity index (χ0v) is 11.6. The number of aliphatic hydroxyl groups excluding tert-OH is 2. The van der Waals surface area contributed by atoms with Gasteiger partial charge in [0.1, 0.15) is 11.5 Å². The molecule has 0 aromatic carbocycles. The largest absolute Gasteiger partial charge is 0.389 e. The van der Waals surface area contributed by atoms with Crippen LogP contribution in [0.3, 0.4) is 0 Å². The summed E-state index contributed by atoms with van der Waals surface area (Å²) < 4.78 is 1.72. The number of hydrogen-bond acceptors (Lipinski definition) is 7. The van der Waals surface area contributed by atoms with Crippen molar-refractivity contribution in [1.29, 1.82) is 0 Å². The van der Waals surface area contributed by atoms with Gasteiger partial charge in [-0.05, 0) is 11.6 Å². The lowest BCUT2D eigenvalue weighted by Crippen LogP contribution is -2.27. The third kappa shape index (κ3) is 2.04. The number of nitrogens with zero attached hydrogens (tertiary/aromatic N) is 4. The highest BCUT2D eigenvalue weighted by Crippen LogP contribution is 2.38. The van der Waals surface area contributed by atoms with Crippen LogP contribution in [0.4, 0.5) is 5.82 Å². The van der Waals surface area contributed by atoms with E-state index in [1.807, 2.05) is 0 Å². The third-order valence-electron chi connectivity index (χ3n) is 3.03. The quantitative estimate of drug-likeness (QED) is 0.695. The van der Waals surface area contributed by atoms with E-state index in [0.717, 1.165) is 0 Å². The van der Waals surface area contributed by atoms with Gasteiger partial charge in [-0.25, -0.2) is 4.98 Å². The number of aromatic nitrogens is 4. The number of imidazole rings is 1. The van der Waals surface area contributed by atoms with Crippen LogP contribution >= 0.6 is 23.4 Å². The van der Waals surface area contributed by atoms with Crippen molar-refractivity contribution in [1.82, 2.24) is 19.5 Å². The number of thioether (sulfide) groups is 1. The van der Waals surface area contributed by atoms with Crippen molar-refractivity contribution in [3.63, 3.8) is 0 Å². The summed E-state index contributed by atoms with van der Waals surface area (Å²) >= 11 is 7.33. The predicted molar refractivity (Wildman–Crippen MR) is 73.4 cm³/mol. The SMILES string of the molecule is CNc1nc(Cl)nc2c1ncn2[C@@H]1SCC(O)[C@@H]1O. The Labute approximate surface area is 118 Å². The van der Waals surface area contributed by atoms with E-state index in [-0.39, 0.29) is 10.7 Å².